The molecule has 0 bridgehead atoms. The second-order valence-corrected chi connectivity index (χ2v) is 3.40. The summed E-state index contributed by atoms with van der Waals surface area (Å²) in [7, 11) is 0. The molecule has 0 saturated heterocycles. The molecule has 3 heteroatoms. The molecule has 1 radical (unpaired) electrons. The molecule has 1 nitrogen and oxygen atoms in total. The number of hydrogen-bond acceptors (Lipinski definition) is 2. The molecule has 0 aliphatic rings. The van der Waals surface area contributed by atoms with Crippen LogP contribution < -0.4 is 0 Å². The van der Waals surface area contributed by atoms with E-state index >= 15 is 0 Å². The zero-order chi connectivity index (χ0) is 4.41. The lowest BCUT2D eigenvalue weighted by Crippen LogP contribution is -1.48. The van der Waals surface area contributed by atoms with E-state index in [0.29, 0.717) is 0 Å². The second kappa shape index (κ2) is 1.88. The predicted octanol–water partition coefficient (Wildman–Crippen LogP) is 1.55. The average Bonchev–Trinajstić information content (AvgIpc) is 1.86. The lowest BCUT2D eigenvalue weighted by atomic mass is 11.0. The van der Waals surface area contributed by atoms with Crippen LogP contribution in [0.5, 0.6) is 0 Å². The van der Waals surface area contributed by atoms with E-state index in [1.165, 1.54) is 0 Å². The van der Waals surface area contributed by atoms with Crippen LogP contribution in [-0.2, 0) is 0 Å². The monoisotopic (exact) mass is 210 g/mol. The first-order valence-corrected chi connectivity index (χ1v) is 3.32. The lowest BCUT2D eigenvalue weighted by Gasteiger charge is -1.58. The molecular formula is C3HINS. The Morgan fingerprint density at radius 2 is 2.83 bits per heavy atom. The van der Waals surface area contributed by atoms with Crippen molar-refractivity contribution in [1.82, 2.24) is 4.98 Å². The van der Waals surface area contributed by atoms with Gasteiger partial charge in [0.05, 0.1) is 8.39 Å². The van der Waals surface area contributed by atoms with E-state index < -0.39 is 0 Å². The largest absolute Gasteiger partial charge is 0.242 e. The van der Waals surface area contributed by atoms with Crippen LogP contribution >= 0.6 is 33.9 Å². The number of hydrogen-bond donors (Lipinski definition) is 0. The maximum Gasteiger partial charge on any atom is 0.115 e. The van der Waals surface area contributed by atoms with Crippen LogP contribution in [0.3, 0.4) is 0 Å². The van der Waals surface area contributed by atoms with Gasteiger partial charge in [0.2, 0.25) is 0 Å². The molecule has 0 amide bonds. The highest BCUT2D eigenvalue weighted by Crippen LogP contribution is 2.05. The van der Waals surface area contributed by atoms with Crippen molar-refractivity contribution in [2.75, 3.05) is 0 Å². The number of nitrogens with zero attached hydrogens (tertiary/aromatic N) is 1. The summed E-state index contributed by atoms with van der Waals surface area (Å²) in [6, 6.07) is 0. The second-order valence-electron chi connectivity index (χ2n) is 0.738. The van der Waals surface area contributed by atoms with Gasteiger partial charge < -0.3 is 0 Å². The third-order valence-corrected chi connectivity index (χ3v) is 1.87. The van der Waals surface area contributed by atoms with Gasteiger partial charge in [0.25, 0.3) is 0 Å². The first-order valence-electron chi connectivity index (χ1n) is 1.36. The standard InChI is InChI=1S/C3HINS/c4-3-1-5-2-6-3/h2H. The van der Waals surface area contributed by atoms with E-state index in [9.17, 15) is 0 Å². The Balaban J connectivity index is 3.05. The molecule has 0 unspecified atom stereocenters. The van der Waals surface area contributed by atoms with Gasteiger partial charge >= 0.3 is 0 Å². The molecule has 0 fully saturated rings. The van der Waals surface area contributed by atoms with Gasteiger partial charge in [0.15, 0.2) is 0 Å². The Kier molecular flexibility index (Phi) is 1.42. The minimum atomic E-state index is 1.12. The van der Waals surface area contributed by atoms with Crippen LogP contribution in [0.1, 0.15) is 0 Å². The minimum absolute atomic E-state index is 1.12. The zero-order valence-corrected chi connectivity index (χ0v) is 5.78. The summed E-state index contributed by atoms with van der Waals surface area (Å²) in [6.45, 7) is 0. The highest BCUT2D eigenvalue weighted by molar-refractivity contribution is 14.1. The fourth-order valence-electron chi connectivity index (χ4n) is 0.176. The highest BCUT2D eigenvalue weighted by atomic mass is 127. The first kappa shape index (κ1) is 4.52. The minimum Gasteiger partial charge on any atom is -0.242 e. The van der Waals surface area contributed by atoms with Crippen molar-refractivity contribution in [3.05, 3.63) is 14.6 Å². The number of rotatable bonds is 0. The Bertz CT molecular complexity index is 114. The molecule has 0 saturated carbocycles. The molecule has 0 aliphatic heterocycles. The van der Waals surface area contributed by atoms with Crippen LogP contribution in [0.15, 0.2) is 5.51 Å². The van der Waals surface area contributed by atoms with Gasteiger partial charge in [-0.05, 0) is 22.6 Å². The summed E-state index contributed by atoms with van der Waals surface area (Å²) in [5.41, 5.74) is 1.77. The summed E-state index contributed by atoms with van der Waals surface area (Å²) < 4.78 is 1.12. The van der Waals surface area contributed by atoms with Crippen molar-refractivity contribution >= 4 is 33.9 Å². The Morgan fingerprint density at radius 1 is 2.00 bits per heavy atom. The molecule has 1 heterocycles. The molecule has 0 spiro atoms. The molecule has 0 N–H and O–H groups in total. The molecular weight excluding hydrogens is 209 g/mol. The van der Waals surface area contributed by atoms with Gasteiger partial charge in [-0.1, -0.05) is 0 Å². The van der Waals surface area contributed by atoms with Crippen molar-refractivity contribution in [3.63, 3.8) is 0 Å². The SMILES string of the molecule is Ic1[c]ncs1. The average molecular weight is 210 g/mol. The van der Waals surface area contributed by atoms with Crippen LogP contribution in [0.2, 0.25) is 0 Å². The Hall–Kier alpha value is 0.360. The molecule has 0 aromatic carbocycles. The molecule has 1 aromatic rings. The van der Waals surface area contributed by atoms with E-state index in [4.69, 9.17) is 0 Å². The van der Waals surface area contributed by atoms with Gasteiger partial charge in [-0.15, -0.1) is 11.3 Å². The van der Waals surface area contributed by atoms with Gasteiger partial charge in [-0.3, -0.25) is 0 Å². The highest BCUT2D eigenvalue weighted by Gasteiger charge is 1.80. The predicted molar refractivity (Wildman–Crippen MR) is 33.7 cm³/mol. The molecule has 31 valence electrons. The van der Waals surface area contributed by atoms with Gasteiger partial charge in [-0.25, -0.2) is 4.98 Å². The van der Waals surface area contributed by atoms with Gasteiger partial charge in [0.1, 0.15) is 6.20 Å². The number of halogens is 1. The van der Waals surface area contributed by atoms with Crippen molar-refractivity contribution < 1.29 is 0 Å². The van der Waals surface area contributed by atoms with Gasteiger partial charge in [0, 0.05) is 0 Å². The molecule has 0 aliphatic carbocycles. The fraction of sp³-hybridized carbons (Fsp3) is 0. The summed E-state index contributed by atoms with van der Waals surface area (Å²) in [6.07, 6.45) is 2.76. The first-order chi connectivity index (χ1) is 2.89. The summed E-state index contributed by atoms with van der Waals surface area (Å²) in [5.74, 6) is 0. The summed E-state index contributed by atoms with van der Waals surface area (Å²) >= 11 is 3.77. The normalized spacial score (nSPS) is 8.83. The van der Waals surface area contributed by atoms with Crippen molar-refractivity contribution in [3.8, 4) is 0 Å². The lowest BCUT2D eigenvalue weighted by molar-refractivity contribution is 1.40. The molecule has 6 heavy (non-hydrogen) atoms. The van der Waals surface area contributed by atoms with Crippen LogP contribution in [0.4, 0.5) is 0 Å². The molecule has 1 aromatic heterocycles. The van der Waals surface area contributed by atoms with E-state index in [-0.39, 0.29) is 0 Å². The Morgan fingerprint density at radius 3 is 3.00 bits per heavy atom. The molecule has 1 rings (SSSR count). The van der Waals surface area contributed by atoms with E-state index in [1.807, 2.05) is 0 Å². The smallest absolute Gasteiger partial charge is 0.115 e. The fourth-order valence-corrected chi connectivity index (χ4v) is 0.960. The van der Waals surface area contributed by atoms with Gasteiger partial charge in [-0.2, -0.15) is 0 Å². The van der Waals surface area contributed by atoms with Crippen molar-refractivity contribution in [2.45, 2.75) is 0 Å². The van der Waals surface area contributed by atoms with E-state index in [2.05, 4.69) is 33.8 Å². The third kappa shape index (κ3) is 0.909. The number of thiazole rings is 1. The van der Waals surface area contributed by atoms with E-state index in [1.54, 1.807) is 16.8 Å². The topological polar surface area (TPSA) is 12.9 Å². The third-order valence-electron chi connectivity index (χ3n) is 0.361. The number of aromatic nitrogens is 1. The van der Waals surface area contributed by atoms with Crippen molar-refractivity contribution in [2.24, 2.45) is 0 Å². The van der Waals surface area contributed by atoms with Crippen LogP contribution in [0.25, 0.3) is 0 Å². The quantitative estimate of drug-likeness (QED) is 0.592. The molecule has 0 atom stereocenters. The van der Waals surface area contributed by atoms with Crippen molar-refractivity contribution in [1.29, 1.82) is 0 Å². The summed E-state index contributed by atoms with van der Waals surface area (Å²) in [5, 5.41) is 0. The summed E-state index contributed by atoms with van der Waals surface area (Å²) in [4.78, 5) is 3.71. The van der Waals surface area contributed by atoms with E-state index in [0.717, 1.165) is 2.88 Å². The Labute approximate surface area is 53.6 Å². The maximum atomic E-state index is 3.71. The zero-order valence-electron chi connectivity index (χ0n) is 2.81. The van der Waals surface area contributed by atoms with Crippen LogP contribution in [-0.4, -0.2) is 4.98 Å². The maximum absolute atomic E-state index is 3.71. The van der Waals surface area contributed by atoms with Crippen LogP contribution in [0, 0.1) is 9.08 Å².